The average molecular weight is 451 g/mol. The zero-order valence-electron chi connectivity index (χ0n) is 18.9. The summed E-state index contributed by atoms with van der Waals surface area (Å²) >= 11 is 0. The van der Waals surface area contributed by atoms with Crippen LogP contribution >= 0.6 is 0 Å². The SMILES string of the molecule is Cc1ccc(S(=O)(=O)N(CC(=O)N[C@H](C)c2ccccc2)c2ccc(C(C)C)cc2)cc1. The Morgan fingerprint density at radius 1 is 0.844 bits per heavy atom. The number of carbonyl (C=O) groups is 1. The Kier molecular flexibility index (Phi) is 7.36. The van der Waals surface area contributed by atoms with E-state index < -0.39 is 10.0 Å². The first-order valence-electron chi connectivity index (χ1n) is 10.7. The number of amides is 1. The van der Waals surface area contributed by atoms with Crippen molar-refractivity contribution in [2.24, 2.45) is 0 Å². The van der Waals surface area contributed by atoms with Crippen molar-refractivity contribution < 1.29 is 13.2 Å². The summed E-state index contributed by atoms with van der Waals surface area (Å²) in [7, 11) is -3.93. The number of nitrogens with zero attached hydrogens (tertiary/aromatic N) is 1. The molecule has 0 saturated heterocycles. The van der Waals surface area contributed by atoms with Crippen molar-refractivity contribution in [1.82, 2.24) is 5.32 Å². The van der Waals surface area contributed by atoms with E-state index in [2.05, 4.69) is 19.2 Å². The lowest BCUT2D eigenvalue weighted by molar-refractivity contribution is -0.120. The van der Waals surface area contributed by atoms with Gasteiger partial charge in [-0.05, 0) is 55.2 Å². The van der Waals surface area contributed by atoms with Crippen LogP contribution in [0, 0.1) is 6.92 Å². The fraction of sp³-hybridized carbons (Fsp3) is 0.269. The second kappa shape index (κ2) is 10.0. The van der Waals surface area contributed by atoms with Crippen molar-refractivity contribution in [3.8, 4) is 0 Å². The number of aryl methyl sites for hydroxylation is 1. The average Bonchev–Trinajstić information content (AvgIpc) is 2.78. The Bertz CT molecular complexity index is 1140. The van der Waals surface area contributed by atoms with Gasteiger partial charge in [0.15, 0.2) is 0 Å². The predicted octanol–water partition coefficient (Wildman–Crippen LogP) is 5.19. The Balaban J connectivity index is 1.91. The number of sulfonamides is 1. The summed E-state index contributed by atoms with van der Waals surface area (Å²) in [6, 6.07) is 23.3. The quantitative estimate of drug-likeness (QED) is 0.513. The van der Waals surface area contributed by atoms with Crippen LogP contribution in [-0.2, 0) is 14.8 Å². The smallest absolute Gasteiger partial charge is 0.264 e. The molecule has 168 valence electrons. The van der Waals surface area contributed by atoms with E-state index in [-0.39, 0.29) is 23.4 Å². The number of benzene rings is 3. The normalized spacial score (nSPS) is 12.4. The Morgan fingerprint density at radius 3 is 2.00 bits per heavy atom. The van der Waals surface area contributed by atoms with Crippen molar-refractivity contribution in [3.05, 3.63) is 95.6 Å². The van der Waals surface area contributed by atoms with Crippen LogP contribution in [0.4, 0.5) is 5.69 Å². The maximum Gasteiger partial charge on any atom is 0.264 e. The van der Waals surface area contributed by atoms with Crippen molar-refractivity contribution >= 4 is 21.6 Å². The van der Waals surface area contributed by atoms with Gasteiger partial charge in [-0.15, -0.1) is 0 Å². The molecule has 0 unspecified atom stereocenters. The molecule has 5 nitrogen and oxygen atoms in total. The van der Waals surface area contributed by atoms with Crippen LogP contribution in [0.1, 0.15) is 49.4 Å². The van der Waals surface area contributed by atoms with Crippen LogP contribution in [0.3, 0.4) is 0 Å². The molecule has 3 aromatic rings. The number of nitrogens with one attached hydrogen (secondary N) is 1. The van der Waals surface area contributed by atoms with Crippen LogP contribution in [0.2, 0.25) is 0 Å². The van der Waals surface area contributed by atoms with Gasteiger partial charge in [-0.3, -0.25) is 9.10 Å². The van der Waals surface area contributed by atoms with E-state index in [0.29, 0.717) is 11.6 Å². The second-order valence-electron chi connectivity index (χ2n) is 8.27. The summed E-state index contributed by atoms with van der Waals surface area (Å²) in [6.07, 6.45) is 0. The van der Waals surface area contributed by atoms with Crippen molar-refractivity contribution in [1.29, 1.82) is 0 Å². The number of hydrogen-bond donors (Lipinski definition) is 1. The highest BCUT2D eigenvalue weighted by Gasteiger charge is 2.27. The van der Waals surface area contributed by atoms with Gasteiger partial charge in [0.1, 0.15) is 6.54 Å². The van der Waals surface area contributed by atoms with Gasteiger partial charge >= 0.3 is 0 Å². The lowest BCUT2D eigenvalue weighted by Crippen LogP contribution is -2.41. The van der Waals surface area contributed by atoms with Gasteiger partial charge < -0.3 is 5.32 Å². The predicted molar refractivity (Wildman–Crippen MR) is 129 cm³/mol. The minimum absolute atomic E-state index is 0.153. The Morgan fingerprint density at radius 2 is 1.44 bits per heavy atom. The molecule has 0 aliphatic carbocycles. The standard InChI is InChI=1S/C26H30N2O3S/c1-19(2)22-12-14-24(15-13-22)28(32(30,31)25-16-10-20(3)11-17-25)18-26(29)27-21(4)23-8-6-5-7-9-23/h5-17,19,21H,18H2,1-4H3,(H,27,29)/t21-/m1/s1. The number of rotatable bonds is 8. The maximum absolute atomic E-state index is 13.5. The summed E-state index contributed by atoms with van der Waals surface area (Å²) in [5.41, 5.74) is 3.47. The monoisotopic (exact) mass is 450 g/mol. The van der Waals surface area contributed by atoms with Gasteiger partial charge in [0, 0.05) is 0 Å². The molecule has 3 rings (SSSR count). The zero-order chi connectivity index (χ0) is 23.3. The van der Waals surface area contributed by atoms with Crippen molar-refractivity contribution in [2.75, 3.05) is 10.8 Å². The Hall–Kier alpha value is -3.12. The van der Waals surface area contributed by atoms with Crippen LogP contribution in [0.15, 0.2) is 83.8 Å². The summed E-state index contributed by atoms with van der Waals surface area (Å²) in [5, 5.41) is 2.91. The molecule has 0 aliphatic rings. The van der Waals surface area contributed by atoms with E-state index in [0.717, 1.165) is 16.7 Å². The number of hydrogen-bond acceptors (Lipinski definition) is 3. The van der Waals surface area contributed by atoms with Crippen LogP contribution in [-0.4, -0.2) is 20.9 Å². The highest BCUT2D eigenvalue weighted by atomic mass is 32.2. The summed E-state index contributed by atoms with van der Waals surface area (Å²) in [4.78, 5) is 13.1. The molecular formula is C26H30N2O3S. The van der Waals surface area contributed by atoms with E-state index in [9.17, 15) is 13.2 Å². The van der Waals surface area contributed by atoms with Gasteiger partial charge in [0.25, 0.3) is 10.0 Å². The third kappa shape index (κ3) is 5.56. The highest BCUT2D eigenvalue weighted by molar-refractivity contribution is 7.92. The molecule has 32 heavy (non-hydrogen) atoms. The molecular weight excluding hydrogens is 420 g/mol. The summed E-state index contributed by atoms with van der Waals surface area (Å²) in [6.45, 7) is 7.62. The topological polar surface area (TPSA) is 66.5 Å². The molecule has 0 radical (unpaired) electrons. The van der Waals surface area contributed by atoms with Gasteiger partial charge in [-0.2, -0.15) is 0 Å². The minimum Gasteiger partial charge on any atom is -0.348 e. The van der Waals surface area contributed by atoms with E-state index in [4.69, 9.17) is 0 Å². The third-order valence-electron chi connectivity index (χ3n) is 5.42. The van der Waals surface area contributed by atoms with Gasteiger partial charge in [-0.25, -0.2) is 8.42 Å². The summed E-state index contributed by atoms with van der Waals surface area (Å²) < 4.78 is 28.2. The molecule has 1 atom stereocenters. The molecule has 1 amide bonds. The van der Waals surface area contributed by atoms with E-state index in [1.807, 2.05) is 56.3 Å². The zero-order valence-corrected chi connectivity index (χ0v) is 19.8. The first-order chi connectivity index (χ1) is 15.2. The van der Waals surface area contributed by atoms with Gasteiger partial charge in [0.2, 0.25) is 5.91 Å². The fourth-order valence-corrected chi connectivity index (χ4v) is 4.84. The molecule has 0 saturated carbocycles. The van der Waals surface area contributed by atoms with Crippen LogP contribution in [0.5, 0.6) is 0 Å². The molecule has 0 spiro atoms. The van der Waals surface area contributed by atoms with Crippen molar-refractivity contribution in [2.45, 2.75) is 44.6 Å². The van der Waals surface area contributed by atoms with Gasteiger partial charge in [-0.1, -0.05) is 74.0 Å². The highest BCUT2D eigenvalue weighted by Crippen LogP contribution is 2.26. The number of carbonyl (C=O) groups excluding carboxylic acids is 1. The summed E-state index contributed by atoms with van der Waals surface area (Å²) in [5.74, 6) is -0.0498. The molecule has 6 heteroatoms. The Labute approximate surface area is 191 Å². The molecule has 0 aliphatic heterocycles. The third-order valence-corrected chi connectivity index (χ3v) is 7.21. The maximum atomic E-state index is 13.5. The molecule has 0 heterocycles. The number of anilines is 1. The lowest BCUT2D eigenvalue weighted by atomic mass is 10.0. The largest absolute Gasteiger partial charge is 0.348 e. The van der Waals surface area contributed by atoms with E-state index >= 15 is 0 Å². The molecule has 0 bridgehead atoms. The fourth-order valence-electron chi connectivity index (χ4n) is 3.42. The van der Waals surface area contributed by atoms with E-state index in [1.165, 1.54) is 4.31 Å². The van der Waals surface area contributed by atoms with E-state index in [1.54, 1.807) is 36.4 Å². The molecule has 0 aromatic heterocycles. The molecule has 1 N–H and O–H groups in total. The molecule has 0 fully saturated rings. The first kappa shape index (κ1) is 23.5. The van der Waals surface area contributed by atoms with Gasteiger partial charge in [0.05, 0.1) is 16.6 Å². The van der Waals surface area contributed by atoms with Crippen LogP contribution < -0.4 is 9.62 Å². The molecule has 3 aromatic carbocycles. The van der Waals surface area contributed by atoms with Crippen molar-refractivity contribution in [3.63, 3.8) is 0 Å². The minimum atomic E-state index is -3.93. The second-order valence-corrected chi connectivity index (χ2v) is 10.1. The lowest BCUT2D eigenvalue weighted by Gasteiger charge is -2.25. The first-order valence-corrected chi connectivity index (χ1v) is 12.2. The van der Waals surface area contributed by atoms with Crippen LogP contribution in [0.25, 0.3) is 0 Å².